The molecule has 0 aliphatic heterocycles. The van der Waals surface area contributed by atoms with E-state index in [4.69, 9.17) is 5.73 Å². The van der Waals surface area contributed by atoms with Crippen molar-refractivity contribution in [3.8, 4) is 0 Å². The van der Waals surface area contributed by atoms with Crippen LogP contribution in [-0.2, 0) is 0 Å². The predicted octanol–water partition coefficient (Wildman–Crippen LogP) is 3.28. The van der Waals surface area contributed by atoms with E-state index in [-0.39, 0.29) is 0 Å². The Morgan fingerprint density at radius 3 is 2.15 bits per heavy atom. The fourth-order valence-corrected chi connectivity index (χ4v) is 2.16. The molecular weight excluding hydrogens is 178 g/mol. The van der Waals surface area contributed by atoms with E-state index < -0.39 is 0 Å². The van der Waals surface area contributed by atoms with Gasteiger partial charge in [0.2, 0.25) is 0 Å². The monoisotopic (exact) mass is 203 g/mol. The second-order valence-corrected chi connectivity index (χ2v) is 5.78. The summed E-state index contributed by atoms with van der Waals surface area (Å²) in [6, 6.07) is 0.382. The summed E-state index contributed by atoms with van der Waals surface area (Å²) in [4.78, 5) is 0. The summed E-state index contributed by atoms with van der Waals surface area (Å²) in [6.45, 7) is 8.99. The molecule has 0 aromatic rings. The molecule has 0 bridgehead atoms. The highest BCUT2D eigenvalue weighted by molar-refractivity contribution is 7.99. The third-order valence-electron chi connectivity index (χ3n) is 2.37. The highest BCUT2D eigenvalue weighted by Gasteiger charge is 2.06. The summed E-state index contributed by atoms with van der Waals surface area (Å²) >= 11 is 2.10. The van der Waals surface area contributed by atoms with Gasteiger partial charge in [-0.3, -0.25) is 0 Å². The van der Waals surface area contributed by atoms with E-state index in [0.717, 1.165) is 11.2 Å². The standard InChI is InChI=1S/C11H25NS/c1-9(2)11(4)13-8-6-5-7-10(3)12/h9-11H,5-8,12H2,1-4H3. The summed E-state index contributed by atoms with van der Waals surface area (Å²) in [6.07, 6.45) is 3.79. The maximum Gasteiger partial charge on any atom is 0.00417 e. The van der Waals surface area contributed by atoms with Gasteiger partial charge in [0.1, 0.15) is 0 Å². The number of rotatable bonds is 7. The molecule has 1 nitrogen and oxygen atoms in total. The Hall–Kier alpha value is 0.310. The van der Waals surface area contributed by atoms with Crippen molar-refractivity contribution in [3.05, 3.63) is 0 Å². The van der Waals surface area contributed by atoms with Crippen LogP contribution in [0.1, 0.15) is 47.0 Å². The van der Waals surface area contributed by atoms with Crippen LogP contribution in [0.15, 0.2) is 0 Å². The third kappa shape index (κ3) is 8.63. The van der Waals surface area contributed by atoms with Crippen molar-refractivity contribution in [1.29, 1.82) is 0 Å². The first kappa shape index (κ1) is 13.3. The van der Waals surface area contributed by atoms with E-state index in [1.807, 2.05) is 0 Å². The molecule has 13 heavy (non-hydrogen) atoms. The molecule has 0 spiro atoms. The highest BCUT2D eigenvalue weighted by Crippen LogP contribution is 2.20. The summed E-state index contributed by atoms with van der Waals surface area (Å²) in [5.74, 6) is 2.10. The first-order valence-corrected chi connectivity index (χ1v) is 6.46. The van der Waals surface area contributed by atoms with Gasteiger partial charge in [-0.2, -0.15) is 11.8 Å². The van der Waals surface area contributed by atoms with Gasteiger partial charge in [0.25, 0.3) is 0 Å². The lowest BCUT2D eigenvalue weighted by Gasteiger charge is -2.14. The van der Waals surface area contributed by atoms with Crippen LogP contribution in [0.25, 0.3) is 0 Å². The third-order valence-corrected chi connectivity index (χ3v) is 3.97. The van der Waals surface area contributed by atoms with Crippen molar-refractivity contribution < 1.29 is 0 Å². The molecule has 0 heterocycles. The van der Waals surface area contributed by atoms with E-state index in [1.54, 1.807) is 0 Å². The normalized spacial score (nSPS) is 16.2. The van der Waals surface area contributed by atoms with Gasteiger partial charge in [0.05, 0.1) is 0 Å². The van der Waals surface area contributed by atoms with Crippen LogP contribution < -0.4 is 5.73 Å². The number of nitrogens with two attached hydrogens (primary N) is 1. The van der Waals surface area contributed by atoms with Gasteiger partial charge in [-0.05, 0) is 31.4 Å². The van der Waals surface area contributed by atoms with Crippen molar-refractivity contribution in [2.24, 2.45) is 11.7 Å². The molecule has 2 unspecified atom stereocenters. The van der Waals surface area contributed by atoms with Crippen LogP contribution in [0, 0.1) is 5.92 Å². The molecule has 0 saturated carbocycles. The quantitative estimate of drug-likeness (QED) is 0.643. The lowest BCUT2D eigenvalue weighted by atomic mass is 10.1. The van der Waals surface area contributed by atoms with Gasteiger partial charge in [-0.25, -0.2) is 0 Å². The Labute approximate surface area is 87.9 Å². The zero-order valence-corrected chi connectivity index (χ0v) is 10.4. The first-order chi connectivity index (χ1) is 6.04. The molecule has 2 N–H and O–H groups in total. The SMILES string of the molecule is CC(N)CCCCSC(C)C(C)C. The van der Waals surface area contributed by atoms with Crippen molar-refractivity contribution >= 4 is 11.8 Å². The van der Waals surface area contributed by atoms with Crippen LogP contribution in [0.4, 0.5) is 0 Å². The van der Waals surface area contributed by atoms with Gasteiger partial charge in [-0.1, -0.05) is 27.2 Å². The van der Waals surface area contributed by atoms with Crippen molar-refractivity contribution in [3.63, 3.8) is 0 Å². The molecule has 80 valence electrons. The van der Waals surface area contributed by atoms with Crippen LogP contribution in [0.3, 0.4) is 0 Å². The summed E-state index contributed by atoms with van der Waals surface area (Å²) in [5, 5.41) is 0.801. The maximum atomic E-state index is 5.68. The minimum Gasteiger partial charge on any atom is -0.328 e. The van der Waals surface area contributed by atoms with E-state index in [1.165, 1.54) is 25.0 Å². The lowest BCUT2D eigenvalue weighted by Crippen LogP contribution is -2.14. The van der Waals surface area contributed by atoms with Gasteiger partial charge in [0.15, 0.2) is 0 Å². The molecule has 0 rings (SSSR count). The topological polar surface area (TPSA) is 26.0 Å². The zero-order valence-electron chi connectivity index (χ0n) is 9.55. The van der Waals surface area contributed by atoms with Crippen LogP contribution >= 0.6 is 11.8 Å². The number of unbranched alkanes of at least 4 members (excludes halogenated alkanes) is 1. The van der Waals surface area contributed by atoms with Crippen LogP contribution in [0.5, 0.6) is 0 Å². The molecule has 0 aromatic carbocycles. The molecule has 0 aliphatic rings. The largest absolute Gasteiger partial charge is 0.328 e. The first-order valence-electron chi connectivity index (χ1n) is 5.41. The number of thioether (sulfide) groups is 1. The van der Waals surface area contributed by atoms with Gasteiger partial charge in [-0.15, -0.1) is 0 Å². The summed E-state index contributed by atoms with van der Waals surface area (Å²) in [5.41, 5.74) is 5.68. The fourth-order valence-electron chi connectivity index (χ4n) is 1.03. The number of hydrogen-bond acceptors (Lipinski definition) is 2. The van der Waals surface area contributed by atoms with E-state index in [9.17, 15) is 0 Å². The Bertz CT molecular complexity index is 113. The minimum absolute atomic E-state index is 0.382. The fraction of sp³-hybridized carbons (Fsp3) is 1.00. The second kappa shape index (κ2) is 7.69. The molecule has 0 aromatic heterocycles. The molecule has 2 heteroatoms. The number of hydrogen-bond donors (Lipinski definition) is 1. The Balaban J connectivity index is 3.16. The average molecular weight is 203 g/mol. The Kier molecular flexibility index (Phi) is 7.87. The van der Waals surface area contributed by atoms with E-state index in [0.29, 0.717) is 6.04 Å². The maximum absolute atomic E-state index is 5.68. The predicted molar refractivity (Wildman–Crippen MR) is 64.3 cm³/mol. The van der Waals surface area contributed by atoms with E-state index >= 15 is 0 Å². The Morgan fingerprint density at radius 1 is 1.08 bits per heavy atom. The summed E-state index contributed by atoms with van der Waals surface area (Å²) < 4.78 is 0. The Morgan fingerprint density at radius 2 is 1.69 bits per heavy atom. The molecule has 0 radical (unpaired) electrons. The highest BCUT2D eigenvalue weighted by atomic mass is 32.2. The molecule has 0 saturated heterocycles. The minimum atomic E-state index is 0.382. The molecular formula is C11H25NS. The summed E-state index contributed by atoms with van der Waals surface area (Å²) in [7, 11) is 0. The lowest BCUT2D eigenvalue weighted by molar-refractivity contribution is 0.614. The van der Waals surface area contributed by atoms with Crippen molar-refractivity contribution in [1.82, 2.24) is 0 Å². The van der Waals surface area contributed by atoms with Crippen LogP contribution in [-0.4, -0.2) is 17.0 Å². The molecule has 0 fully saturated rings. The molecule has 0 aliphatic carbocycles. The van der Waals surface area contributed by atoms with Crippen LogP contribution in [0.2, 0.25) is 0 Å². The smallest absolute Gasteiger partial charge is 0.00417 e. The van der Waals surface area contributed by atoms with Gasteiger partial charge in [0, 0.05) is 11.3 Å². The van der Waals surface area contributed by atoms with Crippen molar-refractivity contribution in [2.75, 3.05) is 5.75 Å². The van der Waals surface area contributed by atoms with Gasteiger partial charge >= 0.3 is 0 Å². The van der Waals surface area contributed by atoms with Gasteiger partial charge < -0.3 is 5.73 Å². The van der Waals surface area contributed by atoms with E-state index in [2.05, 4.69) is 39.5 Å². The zero-order chi connectivity index (χ0) is 10.3. The molecule has 2 atom stereocenters. The second-order valence-electron chi connectivity index (χ2n) is 4.29. The molecule has 0 amide bonds. The van der Waals surface area contributed by atoms with Crippen molar-refractivity contribution in [2.45, 2.75) is 58.2 Å². The average Bonchev–Trinajstić information content (AvgIpc) is 2.02.